The van der Waals surface area contributed by atoms with Crippen LogP contribution in [-0.4, -0.2) is 11.8 Å². The number of nitrogens with one attached hydrogen (secondary N) is 1. The largest absolute Gasteiger partial charge is 0.348 e. The molecule has 0 heterocycles. The first kappa shape index (κ1) is 13.0. The van der Waals surface area contributed by atoms with Gasteiger partial charge in [-0.25, -0.2) is 0 Å². The molecule has 88 valence electrons. The maximum absolute atomic E-state index is 11.6. The summed E-state index contributed by atoms with van der Waals surface area (Å²) in [6.07, 6.45) is 0.542. The van der Waals surface area contributed by atoms with E-state index in [1.165, 1.54) is 0 Å². The quantitative estimate of drug-likeness (QED) is 0.786. The molecule has 16 heavy (non-hydrogen) atoms. The van der Waals surface area contributed by atoms with Gasteiger partial charge in [0.1, 0.15) is 0 Å². The number of alkyl halides is 1. The lowest BCUT2D eigenvalue weighted by Crippen LogP contribution is -2.30. The van der Waals surface area contributed by atoms with Crippen molar-refractivity contribution in [2.75, 3.05) is 5.88 Å². The molecule has 0 saturated heterocycles. The zero-order valence-electron chi connectivity index (χ0n) is 9.74. The van der Waals surface area contributed by atoms with E-state index in [1.54, 1.807) is 0 Å². The first-order chi connectivity index (χ1) is 7.63. The van der Waals surface area contributed by atoms with Gasteiger partial charge in [0.15, 0.2) is 0 Å². The van der Waals surface area contributed by atoms with E-state index >= 15 is 0 Å². The standard InChI is InChI=1S/C13H18ClNO/c1-10(2)8-13(16)15-12(9-14)11-6-4-3-5-7-11/h3-7,10,12H,8-9H2,1-2H3,(H,15,16). The zero-order chi connectivity index (χ0) is 12.0. The summed E-state index contributed by atoms with van der Waals surface area (Å²) in [6, 6.07) is 9.71. The molecule has 2 nitrogen and oxygen atoms in total. The minimum atomic E-state index is -0.0888. The van der Waals surface area contributed by atoms with Gasteiger partial charge in [-0.3, -0.25) is 4.79 Å². The van der Waals surface area contributed by atoms with Crippen LogP contribution in [-0.2, 0) is 4.79 Å². The SMILES string of the molecule is CC(C)CC(=O)NC(CCl)c1ccccc1. The number of halogens is 1. The summed E-state index contributed by atoms with van der Waals surface area (Å²) in [5, 5.41) is 2.94. The fraction of sp³-hybridized carbons (Fsp3) is 0.462. The first-order valence-corrected chi connectivity index (χ1v) is 6.07. The highest BCUT2D eigenvalue weighted by Gasteiger charge is 2.13. The molecule has 1 N–H and O–H groups in total. The van der Waals surface area contributed by atoms with Gasteiger partial charge in [-0.05, 0) is 11.5 Å². The maximum Gasteiger partial charge on any atom is 0.220 e. The van der Waals surface area contributed by atoms with Crippen molar-refractivity contribution in [1.29, 1.82) is 0 Å². The van der Waals surface area contributed by atoms with Crippen molar-refractivity contribution < 1.29 is 4.79 Å². The summed E-state index contributed by atoms with van der Waals surface area (Å²) in [5.74, 6) is 0.824. The summed E-state index contributed by atoms with van der Waals surface area (Å²) >= 11 is 5.87. The lowest BCUT2D eigenvalue weighted by molar-refractivity contribution is -0.122. The van der Waals surface area contributed by atoms with Crippen LogP contribution in [0, 0.1) is 5.92 Å². The Morgan fingerprint density at radius 3 is 2.44 bits per heavy atom. The second-order valence-electron chi connectivity index (χ2n) is 4.28. The van der Waals surface area contributed by atoms with Crippen LogP contribution in [0.4, 0.5) is 0 Å². The summed E-state index contributed by atoms with van der Waals surface area (Å²) in [4.78, 5) is 11.6. The third-order valence-corrected chi connectivity index (χ3v) is 2.59. The molecule has 3 heteroatoms. The van der Waals surface area contributed by atoms with Crippen LogP contribution < -0.4 is 5.32 Å². The molecule has 1 unspecified atom stereocenters. The van der Waals surface area contributed by atoms with Crippen LogP contribution in [0.1, 0.15) is 31.9 Å². The van der Waals surface area contributed by atoms with E-state index in [1.807, 2.05) is 44.2 Å². The van der Waals surface area contributed by atoms with E-state index in [2.05, 4.69) is 5.32 Å². The lowest BCUT2D eigenvalue weighted by atomic mass is 10.1. The number of carbonyl (C=O) groups excluding carboxylic acids is 1. The number of benzene rings is 1. The van der Waals surface area contributed by atoms with Gasteiger partial charge in [-0.15, -0.1) is 11.6 Å². The minimum absolute atomic E-state index is 0.0597. The lowest BCUT2D eigenvalue weighted by Gasteiger charge is -2.17. The second kappa shape index (κ2) is 6.54. The molecule has 0 bridgehead atoms. The first-order valence-electron chi connectivity index (χ1n) is 5.53. The molecule has 0 fully saturated rings. The van der Waals surface area contributed by atoms with Gasteiger partial charge in [-0.1, -0.05) is 44.2 Å². The van der Waals surface area contributed by atoms with E-state index in [0.29, 0.717) is 18.2 Å². The maximum atomic E-state index is 11.6. The molecule has 0 aliphatic rings. The van der Waals surface area contributed by atoms with Gasteiger partial charge >= 0.3 is 0 Å². The van der Waals surface area contributed by atoms with E-state index in [9.17, 15) is 4.79 Å². The second-order valence-corrected chi connectivity index (χ2v) is 4.59. The van der Waals surface area contributed by atoms with Gasteiger partial charge in [0, 0.05) is 12.3 Å². The molecule has 0 radical (unpaired) electrons. The number of hydrogen-bond donors (Lipinski definition) is 1. The van der Waals surface area contributed by atoms with Crippen LogP contribution in [0.2, 0.25) is 0 Å². The van der Waals surface area contributed by atoms with Crippen LogP contribution in [0.5, 0.6) is 0 Å². The Hall–Kier alpha value is -1.02. The molecule has 0 aliphatic heterocycles. The van der Waals surface area contributed by atoms with Crippen LogP contribution in [0.15, 0.2) is 30.3 Å². The number of amides is 1. The number of hydrogen-bond acceptors (Lipinski definition) is 1. The predicted octanol–water partition coefficient (Wildman–Crippen LogP) is 3.13. The van der Waals surface area contributed by atoms with Crippen molar-refractivity contribution in [1.82, 2.24) is 5.32 Å². The molecule has 1 aromatic rings. The summed E-state index contributed by atoms with van der Waals surface area (Å²) < 4.78 is 0. The fourth-order valence-corrected chi connectivity index (χ4v) is 1.78. The Morgan fingerprint density at radius 1 is 1.31 bits per heavy atom. The summed E-state index contributed by atoms with van der Waals surface area (Å²) in [6.45, 7) is 4.05. The van der Waals surface area contributed by atoms with E-state index < -0.39 is 0 Å². The highest BCUT2D eigenvalue weighted by atomic mass is 35.5. The molecule has 1 atom stereocenters. The molecule has 1 rings (SSSR count). The minimum Gasteiger partial charge on any atom is -0.348 e. The average Bonchev–Trinajstić information content (AvgIpc) is 2.26. The molecule has 0 aromatic heterocycles. The molecule has 0 spiro atoms. The average molecular weight is 240 g/mol. The van der Waals surface area contributed by atoms with Crippen LogP contribution in [0.3, 0.4) is 0 Å². The third-order valence-electron chi connectivity index (χ3n) is 2.29. The number of rotatable bonds is 5. The Bertz CT molecular complexity index is 324. The summed E-state index contributed by atoms with van der Waals surface area (Å²) in [7, 11) is 0. The van der Waals surface area contributed by atoms with Gasteiger partial charge in [0.05, 0.1) is 6.04 Å². The Kier molecular flexibility index (Phi) is 5.33. The van der Waals surface area contributed by atoms with E-state index in [4.69, 9.17) is 11.6 Å². The number of carbonyl (C=O) groups is 1. The van der Waals surface area contributed by atoms with E-state index in [-0.39, 0.29) is 11.9 Å². The van der Waals surface area contributed by atoms with Crippen molar-refractivity contribution >= 4 is 17.5 Å². The highest BCUT2D eigenvalue weighted by molar-refractivity contribution is 6.18. The molecule has 0 aliphatic carbocycles. The van der Waals surface area contributed by atoms with Crippen molar-refractivity contribution in [3.63, 3.8) is 0 Å². The Labute approximate surface area is 102 Å². The van der Waals surface area contributed by atoms with Crippen molar-refractivity contribution in [3.05, 3.63) is 35.9 Å². The van der Waals surface area contributed by atoms with Crippen molar-refractivity contribution in [2.24, 2.45) is 5.92 Å². The van der Waals surface area contributed by atoms with Gasteiger partial charge < -0.3 is 5.32 Å². The fourth-order valence-electron chi connectivity index (χ4n) is 1.52. The Balaban J connectivity index is 2.59. The monoisotopic (exact) mass is 239 g/mol. The smallest absolute Gasteiger partial charge is 0.220 e. The zero-order valence-corrected chi connectivity index (χ0v) is 10.5. The highest BCUT2D eigenvalue weighted by Crippen LogP contribution is 2.14. The third kappa shape index (κ3) is 4.23. The molecule has 0 saturated carbocycles. The van der Waals surface area contributed by atoms with Crippen LogP contribution >= 0.6 is 11.6 Å². The van der Waals surface area contributed by atoms with Gasteiger partial charge in [0.2, 0.25) is 5.91 Å². The molecule has 1 aromatic carbocycles. The Morgan fingerprint density at radius 2 is 1.94 bits per heavy atom. The molecular formula is C13H18ClNO. The van der Waals surface area contributed by atoms with Crippen molar-refractivity contribution in [2.45, 2.75) is 26.3 Å². The van der Waals surface area contributed by atoms with E-state index in [0.717, 1.165) is 5.56 Å². The van der Waals surface area contributed by atoms with Gasteiger partial charge in [-0.2, -0.15) is 0 Å². The normalized spacial score (nSPS) is 12.5. The van der Waals surface area contributed by atoms with Gasteiger partial charge in [0.25, 0.3) is 0 Å². The topological polar surface area (TPSA) is 29.1 Å². The molecule has 1 amide bonds. The summed E-state index contributed by atoms with van der Waals surface area (Å²) in [5.41, 5.74) is 1.05. The van der Waals surface area contributed by atoms with Crippen LogP contribution in [0.25, 0.3) is 0 Å². The predicted molar refractivity (Wildman–Crippen MR) is 67.5 cm³/mol. The van der Waals surface area contributed by atoms with Crippen molar-refractivity contribution in [3.8, 4) is 0 Å². The molecular weight excluding hydrogens is 222 g/mol.